The summed E-state index contributed by atoms with van der Waals surface area (Å²) < 4.78 is 0. The highest BCUT2D eigenvalue weighted by Gasteiger charge is 2.14. The number of halogens is 1. The molecule has 0 bridgehead atoms. The maximum Gasteiger partial charge on any atom is 0.222 e. The van der Waals surface area contributed by atoms with Crippen LogP contribution in [0.4, 0.5) is 0 Å². The molecule has 0 aliphatic carbocycles. The summed E-state index contributed by atoms with van der Waals surface area (Å²) in [4.78, 5) is 8.34. The predicted molar refractivity (Wildman–Crippen MR) is 51.6 cm³/mol. The fourth-order valence-electron chi connectivity index (χ4n) is 1.36. The highest BCUT2D eigenvalue weighted by molar-refractivity contribution is 7.98. The van der Waals surface area contributed by atoms with Gasteiger partial charge in [-0.05, 0) is 30.7 Å². The molecule has 1 aliphatic rings. The van der Waals surface area contributed by atoms with Crippen LogP contribution in [0.1, 0.15) is 17.0 Å². The van der Waals surface area contributed by atoms with Gasteiger partial charge in [-0.1, -0.05) is 0 Å². The number of hydrogen-bond acceptors (Lipinski definition) is 3. The van der Waals surface area contributed by atoms with Crippen LogP contribution in [0.25, 0.3) is 0 Å². The van der Waals surface area contributed by atoms with Crippen LogP contribution >= 0.6 is 23.4 Å². The highest BCUT2D eigenvalue weighted by atomic mass is 35.5. The summed E-state index contributed by atoms with van der Waals surface area (Å²) >= 11 is 7.69. The normalized spacial score (nSPS) is 15.8. The molecule has 1 aromatic rings. The van der Waals surface area contributed by atoms with E-state index in [0.717, 1.165) is 29.3 Å². The van der Waals surface area contributed by atoms with Crippen LogP contribution in [0.15, 0.2) is 0 Å². The average Bonchev–Trinajstić information content (AvgIpc) is 2.04. The van der Waals surface area contributed by atoms with Crippen LogP contribution < -0.4 is 0 Å². The van der Waals surface area contributed by atoms with Crippen molar-refractivity contribution in [1.82, 2.24) is 9.97 Å². The van der Waals surface area contributed by atoms with Crippen molar-refractivity contribution in [1.29, 1.82) is 0 Å². The largest absolute Gasteiger partial charge is 0.223 e. The molecule has 0 N–H and O–H groups in total. The summed E-state index contributed by atoms with van der Waals surface area (Å²) in [7, 11) is 0. The van der Waals surface area contributed by atoms with E-state index in [1.54, 1.807) is 0 Å². The van der Waals surface area contributed by atoms with E-state index in [9.17, 15) is 0 Å². The van der Waals surface area contributed by atoms with E-state index in [2.05, 4.69) is 9.97 Å². The van der Waals surface area contributed by atoms with Crippen LogP contribution in [0.2, 0.25) is 5.28 Å². The number of rotatable bonds is 0. The third-order valence-corrected chi connectivity index (χ3v) is 3.16. The highest BCUT2D eigenvalue weighted by Crippen LogP contribution is 2.25. The van der Waals surface area contributed by atoms with Crippen molar-refractivity contribution < 1.29 is 0 Å². The summed E-state index contributed by atoms with van der Waals surface area (Å²) in [5, 5.41) is 0.387. The molecule has 64 valence electrons. The quantitative estimate of drug-likeness (QED) is 0.601. The van der Waals surface area contributed by atoms with E-state index >= 15 is 0 Å². The van der Waals surface area contributed by atoms with Gasteiger partial charge < -0.3 is 0 Å². The van der Waals surface area contributed by atoms with Crippen LogP contribution in [0.5, 0.6) is 0 Å². The second-order valence-electron chi connectivity index (χ2n) is 2.81. The van der Waals surface area contributed by atoms with E-state index < -0.39 is 0 Å². The standard InChI is InChI=1S/C8H9ClN2S/c1-5-6-4-12-3-2-7(6)11-8(9)10-5/h2-4H2,1H3. The molecule has 0 amide bonds. The van der Waals surface area contributed by atoms with E-state index in [0.29, 0.717) is 5.28 Å². The molecule has 1 aromatic heterocycles. The minimum atomic E-state index is 0.387. The molecule has 0 saturated carbocycles. The minimum Gasteiger partial charge on any atom is -0.223 e. The van der Waals surface area contributed by atoms with Crippen molar-refractivity contribution in [3.05, 3.63) is 22.2 Å². The lowest BCUT2D eigenvalue weighted by molar-refractivity contribution is 0.928. The molecular weight excluding hydrogens is 192 g/mol. The van der Waals surface area contributed by atoms with Gasteiger partial charge in [0.15, 0.2) is 0 Å². The first-order valence-electron chi connectivity index (χ1n) is 3.87. The van der Waals surface area contributed by atoms with Gasteiger partial charge in [-0.2, -0.15) is 11.8 Å². The smallest absolute Gasteiger partial charge is 0.222 e. The van der Waals surface area contributed by atoms with E-state index in [1.165, 1.54) is 5.56 Å². The number of nitrogens with zero attached hydrogens (tertiary/aromatic N) is 2. The first-order valence-corrected chi connectivity index (χ1v) is 5.40. The fraction of sp³-hybridized carbons (Fsp3) is 0.500. The molecule has 0 atom stereocenters. The lowest BCUT2D eigenvalue weighted by Gasteiger charge is -2.15. The molecular formula is C8H9ClN2S. The summed E-state index contributed by atoms with van der Waals surface area (Å²) in [6, 6.07) is 0. The van der Waals surface area contributed by atoms with Crippen molar-refractivity contribution >= 4 is 23.4 Å². The van der Waals surface area contributed by atoms with Crippen LogP contribution in [0.3, 0.4) is 0 Å². The average molecular weight is 201 g/mol. The molecule has 0 fully saturated rings. The Morgan fingerprint density at radius 3 is 3.08 bits per heavy atom. The van der Waals surface area contributed by atoms with E-state index in [1.807, 2.05) is 18.7 Å². The summed E-state index contributed by atoms with van der Waals surface area (Å²) in [6.07, 6.45) is 1.03. The van der Waals surface area contributed by atoms with Gasteiger partial charge in [-0.25, -0.2) is 9.97 Å². The second kappa shape index (κ2) is 3.23. The van der Waals surface area contributed by atoms with Gasteiger partial charge in [0, 0.05) is 17.0 Å². The lowest BCUT2D eigenvalue weighted by atomic mass is 10.1. The van der Waals surface area contributed by atoms with Gasteiger partial charge in [-0.3, -0.25) is 0 Å². The number of thioether (sulfide) groups is 1. The van der Waals surface area contributed by atoms with Crippen molar-refractivity contribution in [2.45, 2.75) is 19.1 Å². The number of hydrogen-bond donors (Lipinski definition) is 0. The molecule has 0 radical (unpaired) electrons. The molecule has 12 heavy (non-hydrogen) atoms. The van der Waals surface area contributed by atoms with Crippen molar-refractivity contribution in [3.8, 4) is 0 Å². The van der Waals surface area contributed by atoms with Gasteiger partial charge in [0.2, 0.25) is 5.28 Å². The first-order chi connectivity index (χ1) is 5.77. The minimum absolute atomic E-state index is 0.387. The Hall–Kier alpha value is -0.280. The van der Waals surface area contributed by atoms with Crippen LogP contribution in [-0.2, 0) is 12.2 Å². The molecule has 0 unspecified atom stereocenters. The Kier molecular flexibility index (Phi) is 2.24. The Balaban J connectivity index is 2.53. The summed E-state index contributed by atoms with van der Waals surface area (Å²) in [5.74, 6) is 2.19. The molecule has 0 saturated heterocycles. The SMILES string of the molecule is Cc1nc(Cl)nc2c1CSCC2. The molecule has 0 spiro atoms. The maximum absolute atomic E-state index is 5.75. The van der Waals surface area contributed by atoms with Gasteiger partial charge in [0.1, 0.15) is 0 Å². The zero-order valence-corrected chi connectivity index (χ0v) is 8.37. The number of aryl methyl sites for hydroxylation is 2. The number of aromatic nitrogens is 2. The Bertz CT molecular complexity index is 314. The molecule has 4 heteroatoms. The summed E-state index contributed by atoms with van der Waals surface area (Å²) in [6.45, 7) is 2.00. The third kappa shape index (κ3) is 1.43. The maximum atomic E-state index is 5.75. The van der Waals surface area contributed by atoms with Crippen molar-refractivity contribution in [3.63, 3.8) is 0 Å². The Morgan fingerprint density at radius 2 is 2.25 bits per heavy atom. The lowest BCUT2D eigenvalue weighted by Crippen LogP contribution is -2.08. The Morgan fingerprint density at radius 1 is 1.42 bits per heavy atom. The van der Waals surface area contributed by atoms with Crippen LogP contribution in [0, 0.1) is 6.92 Å². The van der Waals surface area contributed by atoms with Crippen molar-refractivity contribution in [2.75, 3.05) is 5.75 Å². The topological polar surface area (TPSA) is 25.8 Å². The van der Waals surface area contributed by atoms with Crippen molar-refractivity contribution in [2.24, 2.45) is 0 Å². The zero-order chi connectivity index (χ0) is 8.55. The van der Waals surface area contributed by atoms with Gasteiger partial charge in [0.05, 0.1) is 5.69 Å². The monoisotopic (exact) mass is 200 g/mol. The molecule has 0 aromatic carbocycles. The number of fused-ring (bicyclic) bond motifs is 1. The third-order valence-electron chi connectivity index (χ3n) is 2.00. The molecule has 1 aliphatic heterocycles. The molecule has 2 nitrogen and oxygen atoms in total. The van der Waals surface area contributed by atoms with E-state index in [4.69, 9.17) is 11.6 Å². The molecule has 2 rings (SSSR count). The van der Waals surface area contributed by atoms with Gasteiger partial charge in [0.25, 0.3) is 0 Å². The zero-order valence-electron chi connectivity index (χ0n) is 6.80. The second-order valence-corrected chi connectivity index (χ2v) is 4.25. The predicted octanol–water partition coefficient (Wildman–Crippen LogP) is 2.23. The van der Waals surface area contributed by atoms with Crippen LogP contribution in [-0.4, -0.2) is 15.7 Å². The van der Waals surface area contributed by atoms with Gasteiger partial charge >= 0.3 is 0 Å². The van der Waals surface area contributed by atoms with E-state index in [-0.39, 0.29) is 0 Å². The first kappa shape index (κ1) is 8.32. The summed E-state index contributed by atoms with van der Waals surface area (Å²) in [5.41, 5.74) is 3.47. The Labute approximate surface area is 80.8 Å². The van der Waals surface area contributed by atoms with Gasteiger partial charge in [-0.15, -0.1) is 0 Å². The fourth-order valence-corrected chi connectivity index (χ4v) is 2.65. The molecule has 2 heterocycles.